The maximum Gasteiger partial charge on any atom is 0.258 e. The van der Waals surface area contributed by atoms with Crippen molar-refractivity contribution < 1.29 is 14.0 Å². The van der Waals surface area contributed by atoms with Crippen LogP contribution in [0.5, 0.6) is 0 Å². The van der Waals surface area contributed by atoms with E-state index >= 15 is 0 Å². The van der Waals surface area contributed by atoms with Crippen molar-refractivity contribution in [1.82, 2.24) is 20.2 Å². The van der Waals surface area contributed by atoms with Crippen molar-refractivity contribution in [3.05, 3.63) is 92.8 Å². The molecule has 0 bridgehead atoms. The van der Waals surface area contributed by atoms with Gasteiger partial charge in [-0.1, -0.05) is 47.0 Å². The Bertz CT molecular complexity index is 1230. The van der Waals surface area contributed by atoms with Gasteiger partial charge in [0, 0.05) is 31.7 Å². The fourth-order valence-electron chi connectivity index (χ4n) is 4.64. The minimum Gasteiger partial charge on any atom is -0.348 e. The molecule has 0 spiro atoms. The molecule has 1 fully saturated rings. The second kappa shape index (κ2) is 10.5. The Labute approximate surface area is 209 Å². The van der Waals surface area contributed by atoms with Crippen molar-refractivity contribution in [1.29, 1.82) is 0 Å². The Morgan fingerprint density at radius 3 is 2.46 bits per heavy atom. The van der Waals surface area contributed by atoms with Crippen molar-refractivity contribution in [3.63, 3.8) is 0 Å². The topological polar surface area (TPSA) is 75.2 Å². The fraction of sp³-hybridized carbons (Fsp3) is 0.333. The normalized spacial score (nSPS) is 14.1. The number of benzene rings is 2. The Balaban J connectivity index is 1.46. The lowest BCUT2D eigenvalue weighted by atomic mass is 9.90. The summed E-state index contributed by atoms with van der Waals surface area (Å²) >= 11 is 6.08. The number of hydrogen-bond donors (Lipinski definition) is 1. The Kier molecular flexibility index (Phi) is 7.45. The van der Waals surface area contributed by atoms with E-state index in [-0.39, 0.29) is 22.4 Å². The highest BCUT2D eigenvalue weighted by Gasteiger charge is 2.30. The number of carbonyl (C=O) groups excluding carboxylic acids is 2. The average molecular weight is 495 g/mol. The molecule has 182 valence electrons. The van der Waals surface area contributed by atoms with Gasteiger partial charge in [0.25, 0.3) is 11.8 Å². The molecule has 0 saturated carbocycles. The molecule has 0 unspecified atom stereocenters. The van der Waals surface area contributed by atoms with Gasteiger partial charge in [-0.2, -0.15) is 0 Å². The Morgan fingerprint density at radius 1 is 1.11 bits per heavy atom. The van der Waals surface area contributed by atoms with Gasteiger partial charge in [0.2, 0.25) is 0 Å². The van der Waals surface area contributed by atoms with Gasteiger partial charge < -0.3 is 10.2 Å². The zero-order valence-electron chi connectivity index (χ0n) is 20.1. The summed E-state index contributed by atoms with van der Waals surface area (Å²) in [5.74, 6) is -0.701. The van der Waals surface area contributed by atoms with Gasteiger partial charge in [0.1, 0.15) is 11.6 Å². The number of likely N-dealkylation sites (tertiary alicyclic amines) is 1. The molecule has 1 aromatic heterocycles. The molecule has 1 N–H and O–H groups in total. The van der Waals surface area contributed by atoms with Gasteiger partial charge in [-0.25, -0.2) is 14.4 Å². The minimum absolute atomic E-state index is 0.0150. The molecule has 1 aliphatic rings. The first-order valence-electron chi connectivity index (χ1n) is 11.6. The van der Waals surface area contributed by atoms with Crippen LogP contribution in [0.3, 0.4) is 0 Å². The summed E-state index contributed by atoms with van der Waals surface area (Å²) in [5, 5.41) is 3.09. The standard InChI is InChI=1S/C27H28ClFN4O2/c1-16-11-17(2)13-19(12-16)14-31-26(34)21-15-30-18(3)32-25(21)20-7-9-33(10-8-20)27(35)24-22(28)5-4-6-23(24)29/h4-6,11-13,15,20H,7-10,14H2,1-3H3,(H,31,34). The van der Waals surface area contributed by atoms with Gasteiger partial charge in [-0.15, -0.1) is 0 Å². The molecule has 2 heterocycles. The van der Waals surface area contributed by atoms with Crippen LogP contribution >= 0.6 is 11.6 Å². The monoisotopic (exact) mass is 494 g/mol. The maximum absolute atomic E-state index is 14.2. The molecule has 2 aromatic carbocycles. The number of amides is 2. The minimum atomic E-state index is -0.626. The van der Waals surface area contributed by atoms with Crippen molar-refractivity contribution in [2.24, 2.45) is 0 Å². The number of nitrogens with one attached hydrogen (secondary N) is 1. The van der Waals surface area contributed by atoms with Crippen LogP contribution in [-0.4, -0.2) is 39.8 Å². The lowest BCUT2D eigenvalue weighted by Gasteiger charge is -2.32. The second-order valence-electron chi connectivity index (χ2n) is 9.06. The summed E-state index contributed by atoms with van der Waals surface area (Å²) in [6, 6.07) is 10.4. The highest BCUT2D eigenvalue weighted by molar-refractivity contribution is 6.33. The van der Waals surface area contributed by atoms with Crippen molar-refractivity contribution in [2.45, 2.75) is 46.1 Å². The van der Waals surface area contributed by atoms with E-state index in [1.54, 1.807) is 18.0 Å². The summed E-state index contributed by atoms with van der Waals surface area (Å²) in [6.07, 6.45) is 2.78. The third-order valence-electron chi connectivity index (χ3n) is 6.26. The van der Waals surface area contributed by atoms with E-state index in [1.165, 1.54) is 18.2 Å². The van der Waals surface area contributed by atoms with Gasteiger partial charge in [0.15, 0.2) is 0 Å². The molecule has 1 saturated heterocycles. The number of carbonyl (C=O) groups is 2. The molecule has 0 aliphatic carbocycles. The van der Waals surface area contributed by atoms with Crippen LogP contribution in [0.4, 0.5) is 4.39 Å². The zero-order chi connectivity index (χ0) is 25.1. The zero-order valence-corrected chi connectivity index (χ0v) is 20.8. The van der Waals surface area contributed by atoms with Crippen LogP contribution in [0.25, 0.3) is 0 Å². The molecular formula is C27H28ClFN4O2. The molecule has 0 atom stereocenters. The average Bonchev–Trinajstić information content (AvgIpc) is 2.82. The number of piperidine rings is 1. The van der Waals surface area contributed by atoms with Gasteiger partial charge in [-0.3, -0.25) is 9.59 Å². The second-order valence-corrected chi connectivity index (χ2v) is 9.47. The summed E-state index contributed by atoms with van der Waals surface area (Å²) < 4.78 is 14.2. The maximum atomic E-state index is 14.2. The van der Waals surface area contributed by atoms with Crippen LogP contribution in [0.15, 0.2) is 42.6 Å². The van der Waals surface area contributed by atoms with E-state index in [2.05, 4.69) is 21.4 Å². The lowest BCUT2D eigenvalue weighted by Crippen LogP contribution is -2.39. The molecule has 4 rings (SSSR count). The first-order valence-corrected chi connectivity index (χ1v) is 12.0. The Morgan fingerprint density at radius 2 is 1.80 bits per heavy atom. The smallest absolute Gasteiger partial charge is 0.258 e. The summed E-state index contributed by atoms with van der Waals surface area (Å²) in [4.78, 5) is 36.4. The largest absolute Gasteiger partial charge is 0.348 e. The van der Waals surface area contributed by atoms with Crippen molar-refractivity contribution in [2.75, 3.05) is 13.1 Å². The first kappa shape index (κ1) is 24.8. The van der Waals surface area contributed by atoms with Gasteiger partial charge in [-0.05, 0) is 51.3 Å². The number of nitrogens with zero attached hydrogens (tertiary/aromatic N) is 3. The number of rotatable bonds is 5. The van der Waals surface area contributed by atoms with E-state index in [9.17, 15) is 14.0 Å². The third kappa shape index (κ3) is 5.68. The third-order valence-corrected chi connectivity index (χ3v) is 6.58. The Hall–Kier alpha value is -3.32. The number of aryl methyl sites for hydroxylation is 3. The number of halogens is 2. The predicted octanol–water partition coefficient (Wildman–Crippen LogP) is 5.14. The molecular weight excluding hydrogens is 467 g/mol. The van der Waals surface area contributed by atoms with E-state index in [0.717, 1.165) is 16.7 Å². The van der Waals surface area contributed by atoms with E-state index in [1.807, 2.05) is 26.0 Å². The quantitative estimate of drug-likeness (QED) is 0.532. The van der Waals surface area contributed by atoms with E-state index in [4.69, 9.17) is 11.6 Å². The number of hydrogen-bond acceptors (Lipinski definition) is 4. The van der Waals surface area contributed by atoms with Crippen LogP contribution in [0.2, 0.25) is 5.02 Å². The molecule has 0 radical (unpaired) electrons. The van der Waals surface area contributed by atoms with Crippen LogP contribution in [-0.2, 0) is 6.54 Å². The molecule has 3 aromatic rings. The predicted molar refractivity (Wildman–Crippen MR) is 133 cm³/mol. The van der Waals surface area contributed by atoms with E-state index in [0.29, 0.717) is 49.6 Å². The lowest BCUT2D eigenvalue weighted by molar-refractivity contribution is 0.0706. The highest BCUT2D eigenvalue weighted by Crippen LogP contribution is 2.31. The van der Waals surface area contributed by atoms with Crippen LogP contribution in [0.1, 0.15) is 67.7 Å². The van der Waals surface area contributed by atoms with Gasteiger partial charge in [0.05, 0.1) is 21.8 Å². The molecule has 1 aliphatic heterocycles. The summed E-state index contributed by atoms with van der Waals surface area (Å²) in [5.41, 5.74) is 4.35. The molecule has 6 nitrogen and oxygen atoms in total. The molecule has 35 heavy (non-hydrogen) atoms. The highest BCUT2D eigenvalue weighted by atomic mass is 35.5. The summed E-state index contributed by atoms with van der Waals surface area (Å²) in [6.45, 7) is 7.09. The summed E-state index contributed by atoms with van der Waals surface area (Å²) in [7, 11) is 0. The number of aromatic nitrogens is 2. The van der Waals surface area contributed by atoms with Crippen LogP contribution in [0, 0.1) is 26.6 Å². The molecule has 8 heteroatoms. The van der Waals surface area contributed by atoms with Gasteiger partial charge >= 0.3 is 0 Å². The first-order chi connectivity index (χ1) is 16.7. The van der Waals surface area contributed by atoms with E-state index < -0.39 is 11.7 Å². The SMILES string of the molecule is Cc1cc(C)cc(CNC(=O)c2cnc(C)nc2C2CCN(C(=O)c3c(F)cccc3Cl)CC2)c1. The van der Waals surface area contributed by atoms with Crippen molar-refractivity contribution in [3.8, 4) is 0 Å². The van der Waals surface area contributed by atoms with Crippen molar-refractivity contribution >= 4 is 23.4 Å². The van der Waals surface area contributed by atoms with Crippen LogP contribution < -0.4 is 5.32 Å². The molecule has 2 amide bonds. The fourth-order valence-corrected chi connectivity index (χ4v) is 4.88.